The molecule has 1 saturated heterocycles. The number of anilines is 5. The lowest BCUT2D eigenvalue weighted by atomic mass is 10.2. The first-order valence-electron chi connectivity index (χ1n) is 10.5. The minimum absolute atomic E-state index is 0.136. The van der Waals surface area contributed by atoms with Crippen LogP contribution in [-0.2, 0) is 0 Å². The predicted molar refractivity (Wildman–Crippen MR) is 127 cm³/mol. The van der Waals surface area contributed by atoms with Gasteiger partial charge in [0.15, 0.2) is 0 Å². The minimum Gasteiger partial charge on any atom is -0.378 e. The monoisotopic (exact) mass is 416 g/mol. The van der Waals surface area contributed by atoms with Crippen molar-refractivity contribution in [3.8, 4) is 0 Å². The fourth-order valence-electron chi connectivity index (χ4n) is 3.60. The molecule has 0 radical (unpaired) electrons. The third-order valence-corrected chi connectivity index (χ3v) is 5.32. The molecule has 0 bridgehead atoms. The molecule has 1 aromatic heterocycles. The molecule has 0 saturated carbocycles. The van der Waals surface area contributed by atoms with Gasteiger partial charge < -0.3 is 20.4 Å². The molecule has 2 N–H and O–H groups in total. The van der Waals surface area contributed by atoms with Gasteiger partial charge in [-0.25, -0.2) is 4.98 Å². The molecule has 1 amide bonds. The van der Waals surface area contributed by atoms with Crippen LogP contribution in [-0.4, -0.2) is 43.1 Å². The zero-order valence-electron chi connectivity index (χ0n) is 18.2. The highest BCUT2D eigenvalue weighted by Gasteiger charge is 2.15. The first-order valence-corrected chi connectivity index (χ1v) is 10.5. The lowest BCUT2D eigenvalue weighted by Crippen LogP contribution is -2.19. The Kier molecular flexibility index (Phi) is 6.02. The van der Waals surface area contributed by atoms with Gasteiger partial charge in [-0.3, -0.25) is 4.79 Å². The van der Waals surface area contributed by atoms with E-state index in [1.807, 2.05) is 80.5 Å². The second-order valence-electron chi connectivity index (χ2n) is 7.98. The van der Waals surface area contributed by atoms with Crippen molar-refractivity contribution < 1.29 is 4.79 Å². The normalized spacial score (nSPS) is 13.2. The van der Waals surface area contributed by atoms with Gasteiger partial charge in [0.25, 0.3) is 5.91 Å². The molecular weight excluding hydrogens is 388 g/mol. The Morgan fingerprint density at radius 3 is 2.23 bits per heavy atom. The van der Waals surface area contributed by atoms with E-state index in [9.17, 15) is 4.79 Å². The Bertz CT molecular complexity index is 1040. The summed E-state index contributed by atoms with van der Waals surface area (Å²) in [6, 6.07) is 17.1. The highest BCUT2D eigenvalue weighted by atomic mass is 16.1. The van der Waals surface area contributed by atoms with Crippen LogP contribution >= 0.6 is 0 Å². The summed E-state index contributed by atoms with van der Waals surface area (Å²) >= 11 is 0. The zero-order chi connectivity index (χ0) is 21.8. The number of nitrogens with zero attached hydrogens (tertiary/aromatic N) is 4. The van der Waals surface area contributed by atoms with E-state index in [-0.39, 0.29) is 5.91 Å². The highest BCUT2D eigenvalue weighted by Crippen LogP contribution is 2.23. The average molecular weight is 417 g/mol. The molecule has 0 aliphatic carbocycles. The molecular formula is C24H28N6O. The number of aromatic nitrogens is 2. The molecule has 7 heteroatoms. The average Bonchev–Trinajstić information content (AvgIpc) is 3.30. The predicted octanol–water partition coefficient (Wildman–Crippen LogP) is 4.45. The number of carbonyl (C=O) groups excluding carboxylic acids is 1. The lowest BCUT2D eigenvalue weighted by Gasteiger charge is -2.17. The van der Waals surface area contributed by atoms with Crippen LogP contribution in [0.15, 0.2) is 54.6 Å². The van der Waals surface area contributed by atoms with Crippen LogP contribution in [0.1, 0.15) is 28.9 Å². The summed E-state index contributed by atoms with van der Waals surface area (Å²) in [6.45, 7) is 4.07. The van der Waals surface area contributed by atoms with Crippen LogP contribution in [0, 0.1) is 6.92 Å². The zero-order valence-corrected chi connectivity index (χ0v) is 18.2. The summed E-state index contributed by atoms with van der Waals surface area (Å²) in [4.78, 5) is 26.0. The van der Waals surface area contributed by atoms with Gasteiger partial charge in [-0.2, -0.15) is 4.98 Å². The van der Waals surface area contributed by atoms with Crippen LogP contribution in [0.3, 0.4) is 0 Å². The van der Waals surface area contributed by atoms with E-state index in [0.717, 1.165) is 41.7 Å². The van der Waals surface area contributed by atoms with Gasteiger partial charge >= 0.3 is 0 Å². The summed E-state index contributed by atoms with van der Waals surface area (Å²) < 4.78 is 0. The molecule has 3 aromatic rings. The highest BCUT2D eigenvalue weighted by molar-refractivity contribution is 6.04. The number of benzene rings is 2. The number of aryl methyl sites for hydroxylation is 1. The van der Waals surface area contributed by atoms with E-state index in [4.69, 9.17) is 0 Å². The molecule has 0 spiro atoms. The summed E-state index contributed by atoms with van der Waals surface area (Å²) in [7, 11) is 3.94. The molecule has 7 nitrogen and oxygen atoms in total. The first-order chi connectivity index (χ1) is 15.0. The van der Waals surface area contributed by atoms with Crippen molar-refractivity contribution >= 4 is 34.7 Å². The fraction of sp³-hybridized carbons (Fsp3) is 0.292. The Labute approximate surface area is 183 Å². The number of nitrogens with one attached hydrogen (secondary N) is 2. The Balaban J connectivity index is 1.41. The van der Waals surface area contributed by atoms with E-state index in [1.165, 1.54) is 12.8 Å². The molecule has 2 aromatic carbocycles. The summed E-state index contributed by atoms with van der Waals surface area (Å²) in [5.74, 6) is 1.42. The van der Waals surface area contributed by atoms with E-state index in [1.54, 1.807) is 0 Å². The fourth-order valence-corrected chi connectivity index (χ4v) is 3.60. The second-order valence-corrected chi connectivity index (χ2v) is 7.98. The van der Waals surface area contributed by atoms with Crippen molar-refractivity contribution in [3.63, 3.8) is 0 Å². The van der Waals surface area contributed by atoms with E-state index in [0.29, 0.717) is 11.5 Å². The van der Waals surface area contributed by atoms with Crippen molar-refractivity contribution in [1.82, 2.24) is 9.97 Å². The number of amides is 1. The van der Waals surface area contributed by atoms with Crippen LogP contribution in [0.5, 0.6) is 0 Å². The molecule has 2 heterocycles. The van der Waals surface area contributed by atoms with Crippen LogP contribution in [0.2, 0.25) is 0 Å². The van der Waals surface area contributed by atoms with Gasteiger partial charge in [-0.05, 0) is 68.3 Å². The first kappa shape index (κ1) is 20.7. The smallest absolute Gasteiger partial charge is 0.255 e. The molecule has 1 aliphatic heterocycles. The lowest BCUT2D eigenvalue weighted by molar-refractivity contribution is 0.102. The Hall–Kier alpha value is -3.61. The van der Waals surface area contributed by atoms with Crippen LogP contribution in [0.25, 0.3) is 0 Å². The van der Waals surface area contributed by atoms with Gasteiger partial charge in [0, 0.05) is 61.6 Å². The maximum absolute atomic E-state index is 12.5. The maximum atomic E-state index is 12.5. The maximum Gasteiger partial charge on any atom is 0.255 e. The van der Waals surface area contributed by atoms with E-state index < -0.39 is 0 Å². The second kappa shape index (κ2) is 9.04. The van der Waals surface area contributed by atoms with Gasteiger partial charge in [-0.1, -0.05) is 0 Å². The topological polar surface area (TPSA) is 73.4 Å². The van der Waals surface area contributed by atoms with Crippen molar-refractivity contribution in [1.29, 1.82) is 0 Å². The van der Waals surface area contributed by atoms with Crippen LogP contribution < -0.4 is 20.4 Å². The summed E-state index contributed by atoms with van der Waals surface area (Å²) in [6.07, 6.45) is 2.41. The van der Waals surface area contributed by atoms with Crippen molar-refractivity contribution in [2.75, 3.05) is 47.6 Å². The van der Waals surface area contributed by atoms with Crippen LogP contribution in [0.4, 0.5) is 28.8 Å². The van der Waals surface area contributed by atoms with Gasteiger partial charge in [0.05, 0.1) is 0 Å². The number of hydrogen-bond acceptors (Lipinski definition) is 6. The molecule has 1 aliphatic rings. The molecule has 31 heavy (non-hydrogen) atoms. The number of rotatable bonds is 6. The third-order valence-electron chi connectivity index (χ3n) is 5.32. The molecule has 0 unspecified atom stereocenters. The van der Waals surface area contributed by atoms with E-state index in [2.05, 4.69) is 25.5 Å². The van der Waals surface area contributed by atoms with Gasteiger partial charge in [0.1, 0.15) is 5.82 Å². The summed E-state index contributed by atoms with van der Waals surface area (Å²) in [5, 5.41) is 6.21. The number of hydrogen-bond donors (Lipinski definition) is 2. The largest absolute Gasteiger partial charge is 0.378 e. The van der Waals surface area contributed by atoms with Crippen molar-refractivity contribution in [3.05, 3.63) is 65.9 Å². The van der Waals surface area contributed by atoms with Crippen molar-refractivity contribution in [2.24, 2.45) is 0 Å². The van der Waals surface area contributed by atoms with Gasteiger partial charge in [-0.15, -0.1) is 0 Å². The molecule has 4 rings (SSSR count). The Morgan fingerprint density at radius 2 is 1.58 bits per heavy atom. The molecule has 160 valence electrons. The van der Waals surface area contributed by atoms with Crippen molar-refractivity contribution in [2.45, 2.75) is 19.8 Å². The minimum atomic E-state index is -0.136. The summed E-state index contributed by atoms with van der Waals surface area (Å²) in [5.41, 5.74) is 4.21. The standard InChI is InChI=1S/C24H28N6O/c1-17-16-22(30-14-4-5-15-30)28-24(25-17)27-20-10-8-19(9-11-20)26-23(31)18-6-12-21(13-7-18)29(2)3/h6-13,16H,4-5,14-15H2,1-3H3,(H,26,31)(H,25,27,28). The Morgan fingerprint density at radius 1 is 0.935 bits per heavy atom. The third kappa shape index (κ3) is 5.12. The quantitative estimate of drug-likeness (QED) is 0.619. The van der Waals surface area contributed by atoms with E-state index >= 15 is 0 Å². The SMILES string of the molecule is Cc1cc(N2CCCC2)nc(Nc2ccc(NC(=O)c3ccc(N(C)C)cc3)cc2)n1. The number of carbonyl (C=O) groups is 1. The molecule has 0 atom stereocenters. The molecule has 1 fully saturated rings. The van der Waals surface area contributed by atoms with Gasteiger partial charge in [0.2, 0.25) is 5.95 Å².